The van der Waals surface area contributed by atoms with E-state index >= 15 is 0 Å². The molecule has 23 heavy (non-hydrogen) atoms. The predicted molar refractivity (Wildman–Crippen MR) is 85.7 cm³/mol. The number of hydrogen-bond donors (Lipinski definition) is 1. The molecule has 1 amide bonds. The fourth-order valence-electron chi connectivity index (χ4n) is 2.92. The van der Waals surface area contributed by atoms with Gasteiger partial charge in [0.25, 0.3) is 0 Å². The summed E-state index contributed by atoms with van der Waals surface area (Å²) in [7, 11) is 0. The molecule has 2 N–H and O–H groups in total. The van der Waals surface area contributed by atoms with E-state index in [0.29, 0.717) is 18.0 Å². The van der Waals surface area contributed by atoms with Gasteiger partial charge in [0, 0.05) is 18.7 Å². The van der Waals surface area contributed by atoms with E-state index in [9.17, 15) is 4.79 Å². The summed E-state index contributed by atoms with van der Waals surface area (Å²) in [5.41, 5.74) is 7.05. The molecule has 1 aromatic carbocycles. The Bertz CT molecular complexity index is 859. The first-order valence-electron chi connectivity index (χ1n) is 7.54. The van der Waals surface area contributed by atoms with Crippen molar-refractivity contribution < 1.29 is 4.79 Å². The lowest BCUT2D eigenvalue weighted by Crippen LogP contribution is -2.27. The maximum atomic E-state index is 11.3. The highest BCUT2D eigenvalue weighted by Crippen LogP contribution is 2.23. The molecule has 1 aliphatic rings. The normalized spacial score (nSPS) is 17.7. The molecule has 4 rings (SSSR count). The van der Waals surface area contributed by atoms with Gasteiger partial charge in [-0.3, -0.25) is 4.79 Å². The third-order valence-electron chi connectivity index (χ3n) is 4.20. The van der Waals surface area contributed by atoms with Crippen LogP contribution in [0, 0.1) is 5.92 Å². The van der Waals surface area contributed by atoms with E-state index in [2.05, 4.69) is 20.2 Å². The summed E-state index contributed by atoms with van der Waals surface area (Å²) in [6, 6.07) is 13.6. The van der Waals surface area contributed by atoms with Gasteiger partial charge in [-0.1, -0.05) is 30.3 Å². The highest BCUT2D eigenvalue weighted by atomic mass is 16.1. The average Bonchev–Trinajstić information content (AvgIpc) is 3.22. The number of amides is 1. The first-order chi connectivity index (χ1) is 11.2. The van der Waals surface area contributed by atoms with Crippen molar-refractivity contribution in [1.29, 1.82) is 0 Å². The van der Waals surface area contributed by atoms with Crippen LogP contribution < -0.4 is 10.6 Å². The summed E-state index contributed by atoms with van der Waals surface area (Å²) in [4.78, 5) is 13.4. The molecule has 0 radical (unpaired) electrons. The Hall–Kier alpha value is -2.96. The van der Waals surface area contributed by atoms with Crippen LogP contribution in [-0.2, 0) is 4.79 Å². The Labute approximate surface area is 132 Å². The van der Waals surface area contributed by atoms with Crippen molar-refractivity contribution in [1.82, 2.24) is 19.8 Å². The zero-order chi connectivity index (χ0) is 15.8. The van der Waals surface area contributed by atoms with E-state index in [1.54, 1.807) is 4.52 Å². The van der Waals surface area contributed by atoms with Crippen LogP contribution in [0.25, 0.3) is 17.0 Å². The summed E-state index contributed by atoms with van der Waals surface area (Å²) in [6.07, 6.45) is 0.767. The Balaban J connectivity index is 1.72. The van der Waals surface area contributed by atoms with Crippen LogP contribution in [-0.4, -0.2) is 38.8 Å². The maximum absolute atomic E-state index is 11.3. The van der Waals surface area contributed by atoms with Gasteiger partial charge >= 0.3 is 0 Å². The molecule has 0 spiro atoms. The summed E-state index contributed by atoms with van der Waals surface area (Å²) < 4.78 is 1.74. The quantitative estimate of drug-likeness (QED) is 0.782. The fraction of sp³-hybridized carbons (Fsp3) is 0.250. The Morgan fingerprint density at radius 2 is 1.96 bits per heavy atom. The van der Waals surface area contributed by atoms with Crippen molar-refractivity contribution >= 4 is 17.4 Å². The van der Waals surface area contributed by atoms with Crippen LogP contribution in [0.15, 0.2) is 42.5 Å². The SMILES string of the molecule is NC(=O)[C@H]1CCN(c2ccc3nnc(-c4ccccc4)n3n2)C1. The number of carbonyl (C=O) groups excluding carboxylic acids is 1. The number of hydrogen-bond acceptors (Lipinski definition) is 5. The average molecular weight is 308 g/mol. The van der Waals surface area contributed by atoms with Crippen LogP contribution in [0.3, 0.4) is 0 Å². The third kappa shape index (κ3) is 2.40. The molecule has 3 aromatic rings. The van der Waals surface area contributed by atoms with Crippen LogP contribution >= 0.6 is 0 Å². The lowest BCUT2D eigenvalue weighted by molar-refractivity contribution is -0.121. The van der Waals surface area contributed by atoms with Crippen molar-refractivity contribution in [3.8, 4) is 11.4 Å². The van der Waals surface area contributed by atoms with Crippen molar-refractivity contribution in [3.63, 3.8) is 0 Å². The van der Waals surface area contributed by atoms with E-state index in [1.807, 2.05) is 42.5 Å². The number of carbonyl (C=O) groups is 1. The number of rotatable bonds is 3. The zero-order valence-corrected chi connectivity index (χ0v) is 12.5. The van der Waals surface area contributed by atoms with Crippen LogP contribution in [0.2, 0.25) is 0 Å². The molecule has 1 atom stereocenters. The van der Waals surface area contributed by atoms with Gasteiger partial charge in [-0.05, 0) is 18.6 Å². The minimum Gasteiger partial charge on any atom is -0.369 e. The molecule has 2 aromatic heterocycles. The number of primary amides is 1. The topological polar surface area (TPSA) is 89.4 Å². The van der Waals surface area contributed by atoms with E-state index in [0.717, 1.165) is 24.3 Å². The van der Waals surface area contributed by atoms with Crippen molar-refractivity contribution in [3.05, 3.63) is 42.5 Å². The van der Waals surface area contributed by atoms with E-state index < -0.39 is 0 Å². The first kappa shape index (κ1) is 13.7. The molecule has 1 aliphatic heterocycles. The fourth-order valence-corrected chi connectivity index (χ4v) is 2.92. The maximum Gasteiger partial charge on any atom is 0.222 e. The Kier molecular flexibility index (Phi) is 3.18. The molecular formula is C16H16N6O. The number of fused-ring (bicyclic) bond motifs is 1. The second-order valence-electron chi connectivity index (χ2n) is 5.69. The van der Waals surface area contributed by atoms with Gasteiger partial charge in [-0.25, -0.2) is 0 Å². The number of aromatic nitrogens is 4. The molecular weight excluding hydrogens is 292 g/mol. The number of benzene rings is 1. The summed E-state index contributed by atoms with van der Waals surface area (Å²) >= 11 is 0. The lowest BCUT2D eigenvalue weighted by atomic mass is 10.1. The molecule has 1 fully saturated rings. The van der Waals surface area contributed by atoms with Gasteiger partial charge in [-0.2, -0.15) is 4.52 Å². The minimum absolute atomic E-state index is 0.109. The number of nitrogens with zero attached hydrogens (tertiary/aromatic N) is 5. The van der Waals surface area contributed by atoms with E-state index in [-0.39, 0.29) is 11.8 Å². The first-order valence-corrected chi connectivity index (χ1v) is 7.54. The highest BCUT2D eigenvalue weighted by Gasteiger charge is 2.27. The molecule has 0 bridgehead atoms. The van der Waals surface area contributed by atoms with Crippen LogP contribution in [0.1, 0.15) is 6.42 Å². The van der Waals surface area contributed by atoms with Crippen molar-refractivity contribution in [2.45, 2.75) is 6.42 Å². The number of anilines is 1. The third-order valence-corrected chi connectivity index (χ3v) is 4.20. The summed E-state index contributed by atoms with van der Waals surface area (Å²) in [6.45, 7) is 1.38. The molecule has 7 heteroatoms. The van der Waals surface area contributed by atoms with Gasteiger partial charge in [0.2, 0.25) is 5.91 Å². The summed E-state index contributed by atoms with van der Waals surface area (Å²) in [5, 5.41) is 13.1. The largest absolute Gasteiger partial charge is 0.369 e. The van der Waals surface area contributed by atoms with E-state index in [1.165, 1.54) is 0 Å². The number of nitrogens with two attached hydrogens (primary N) is 1. The molecule has 7 nitrogen and oxygen atoms in total. The predicted octanol–water partition coefficient (Wildman–Crippen LogP) is 1.10. The molecule has 116 valence electrons. The van der Waals surface area contributed by atoms with Gasteiger partial charge in [0.15, 0.2) is 11.5 Å². The second kappa shape index (κ2) is 5.35. The van der Waals surface area contributed by atoms with Gasteiger partial charge < -0.3 is 10.6 Å². The monoisotopic (exact) mass is 308 g/mol. The zero-order valence-electron chi connectivity index (χ0n) is 12.5. The summed E-state index contributed by atoms with van der Waals surface area (Å²) in [5.74, 6) is 1.15. The standard InChI is InChI=1S/C16H16N6O/c17-15(23)12-8-9-21(10-12)14-7-6-13-18-19-16(22(13)20-14)11-4-2-1-3-5-11/h1-7,12H,8-10H2,(H2,17,23)/t12-/m0/s1. The van der Waals surface area contributed by atoms with E-state index in [4.69, 9.17) is 5.73 Å². The molecule has 1 saturated heterocycles. The Morgan fingerprint density at radius 3 is 2.70 bits per heavy atom. The van der Waals surface area contributed by atoms with Gasteiger partial charge in [0.1, 0.15) is 5.82 Å². The van der Waals surface area contributed by atoms with Gasteiger partial charge in [-0.15, -0.1) is 15.3 Å². The van der Waals surface area contributed by atoms with Crippen molar-refractivity contribution in [2.75, 3.05) is 18.0 Å². The molecule has 3 heterocycles. The molecule has 0 unspecified atom stereocenters. The van der Waals surface area contributed by atoms with Crippen LogP contribution in [0.5, 0.6) is 0 Å². The molecule has 0 aliphatic carbocycles. The highest BCUT2D eigenvalue weighted by molar-refractivity contribution is 5.78. The minimum atomic E-state index is -0.247. The van der Waals surface area contributed by atoms with Gasteiger partial charge in [0.05, 0.1) is 5.92 Å². The molecule has 0 saturated carbocycles. The lowest BCUT2D eigenvalue weighted by Gasteiger charge is -2.16. The van der Waals surface area contributed by atoms with Crippen molar-refractivity contribution in [2.24, 2.45) is 11.7 Å². The van der Waals surface area contributed by atoms with Crippen LogP contribution in [0.4, 0.5) is 5.82 Å². The smallest absolute Gasteiger partial charge is 0.222 e. The second-order valence-corrected chi connectivity index (χ2v) is 5.69. The Morgan fingerprint density at radius 1 is 1.13 bits per heavy atom.